The van der Waals surface area contributed by atoms with Crippen molar-refractivity contribution >= 4 is 24.6 Å². The van der Waals surface area contributed by atoms with Crippen molar-refractivity contribution in [2.45, 2.75) is 19.9 Å². The maximum Gasteiger partial charge on any atom is 0.214 e. The quantitative estimate of drug-likeness (QED) is 0.362. The topological polar surface area (TPSA) is 49.4 Å². The van der Waals surface area contributed by atoms with E-state index in [1.54, 1.807) is 34.9 Å². The van der Waals surface area contributed by atoms with Gasteiger partial charge in [-0.2, -0.15) is 0 Å². The standard InChI is InChI=1S/C15H22N2O2S/c1-5-7-8-15(17(12-19)9-6-2)14(4)20-10-13(3)16-11-18/h5-8,11-13H,1-2,9-10H2,3-4H3,(H,16,18)/b8-7-,15-14-. The van der Waals surface area contributed by atoms with Crippen LogP contribution in [0.25, 0.3) is 0 Å². The van der Waals surface area contributed by atoms with Gasteiger partial charge in [-0.25, -0.2) is 0 Å². The van der Waals surface area contributed by atoms with Crippen LogP contribution in [0.3, 0.4) is 0 Å². The first-order valence-corrected chi connectivity index (χ1v) is 7.24. The van der Waals surface area contributed by atoms with Crippen LogP contribution in [0.5, 0.6) is 0 Å². The minimum Gasteiger partial charge on any atom is -0.355 e. The summed E-state index contributed by atoms with van der Waals surface area (Å²) >= 11 is 1.59. The van der Waals surface area contributed by atoms with Gasteiger partial charge in [-0.15, -0.1) is 18.3 Å². The molecule has 0 saturated carbocycles. The lowest BCUT2D eigenvalue weighted by atomic mass is 10.3. The Bertz CT molecular complexity index is 403. The molecule has 0 rings (SSSR count). The van der Waals surface area contributed by atoms with E-state index in [2.05, 4.69) is 18.5 Å². The lowest BCUT2D eigenvalue weighted by molar-refractivity contribution is -0.116. The van der Waals surface area contributed by atoms with Crippen LogP contribution in [0, 0.1) is 0 Å². The summed E-state index contributed by atoms with van der Waals surface area (Å²) in [5.41, 5.74) is 0.808. The Labute approximate surface area is 125 Å². The summed E-state index contributed by atoms with van der Waals surface area (Å²) in [6, 6.07) is 0.0705. The molecule has 0 aliphatic carbocycles. The largest absolute Gasteiger partial charge is 0.355 e. The van der Waals surface area contributed by atoms with Gasteiger partial charge in [0.2, 0.25) is 12.8 Å². The van der Waals surface area contributed by atoms with Crippen LogP contribution >= 0.6 is 11.8 Å². The summed E-state index contributed by atoms with van der Waals surface area (Å²) < 4.78 is 0. The lowest BCUT2D eigenvalue weighted by Crippen LogP contribution is -2.26. The van der Waals surface area contributed by atoms with Crippen molar-refractivity contribution in [3.8, 4) is 0 Å². The SMILES string of the molecule is C=C/C=C\C(=C(/C)SCC(C)NC=O)N(C=O)CC=C. The molecule has 1 unspecified atom stereocenters. The molecule has 20 heavy (non-hydrogen) atoms. The molecular formula is C15H22N2O2S. The molecule has 0 radical (unpaired) electrons. The van der Waals surface area contributed by atoms with Crippen molar-refractivity contribution < 1.29 is 9.59 Å². The number of allylic oxidation sites excluding steroid dienone is 4. The first-order chi connectivity index (χ1) is 9.60. The van der Waals surface area contributed by atoms with E-state index in [-0.39, 0.29) is 6.04 Å². The monoisotopic (exact) mass is 294 g/mol. The lowest BCUT2D eigenvalue weighted by Gasteiger charge is -2.20. The average molecular weight is 294 g/mol. The Kier molecular flexibility index (Phi) is 10.1. The molecule has 0 heterocycles. The highest BCUT2D eigenvalue weighted by Gasteiger charge is 2.09. The van der Waals surface area contributed by atoms with Gasteiger partial charge in [-0.1, -0.05) is 24.8 Å². The number of nitrogens with one attached hydrogen (secondary N) is 1. The Morgan fingerprint density at radius 1 is 1.40 bits per heavy atom. The molecule has 0 bridgehead atoms. The third-order valence-corrected chi connectivity index (χ3v) is 3.72. The molecule has 0 aliphatic heterocycles. The van der Waals surface area contributed by atoms with Crippen LogP contribution in [0.2, 0.25) is 0 Å². The number of thioether (sulfide) groups is 1. The number of carbonyl (C=O) groups is 2. The zero-order valence-electron chi connectivity index (χ0n) is 12.0. The molecule has 1 atom stereocenters. The van der Waals surface area contributed by atoms with Gasteiger partial charge in [0.25, 0.3) is 0 Å². The molecular weight excluding hydrogens is 272 g/mol. The van der Waals surface area contributed by atoms with E-state index in [1.807, 2.05) is 19.9 Å². The smallest absolute Gasteiger partial charge is 0.214 e. The summed E-state index contributed by atoms with van der Waals surface area (Å²) in [4.78, 5) is 24.1. The Balaban J connectivity index is 5.03. The number of nitrogens with zero attached hydrogens (tertiary/aromatic N) is 1. The van der Waals surface area contributed by atoms with Gasteiger partial charge in [-0.05, 0) is 19.9 Å². The number of hydrogen-bond donors (Lipinski definition) is 1. The van der Waals surface area contributed by atoms with Crippen molar-refractivity contribution in [2.75, 3.05) is 12.3 Å². The summed E-state index contributed by atoms with van der Waals surface area (Å²) in [5, 5.41) is 2.69. The molecule has 0 saturated heterocycles. The van der Waals surface area contributed by atoms with Crippen molar-refractivity contribution in [1.82, 2.24) is 10.2 Å². The highest BCUT2D eigenvalue weighted by molar-refractivity contribution is 8.03. The fourth-order valence-electron chi connectivity index (χ4n) is 1.40. The van der Waals surface area contributed by atoms with E-state index in [0.717, 1.165) is 22.8 Å². The normalized spacial score (nSPS) is 13.3. The molecule has 5 heteroatoms. The number of rotatable bonds is 11. The fraction of sp³-hybridized carbons (Fsp3) is 0.333. The highest BCUT2D eigenvalue weighted by atomic mass is 32.2. The first-order valence-electron chi connectivity index (χ1n) is 6.26. The number of carbonyl (C=O) groups excluding carboxylic acids is 2. The summed E-state index contributed by atoms with van der Waals surface area (Å²) in [5.74, 6) is 0.733. The van der Waals surface area contributed by atoms with Crippen LogP contribution in [-0.4, -0.2) is 36.1 Å². The molecule has 1 N–H and O–H groups in total. The second-order valence-corrected chi connectivity index (χ2v) is 5.31. The second-order valence-electron chi connectivity index (χ2n) is 4.08. The van der Waals surface area contributed by atoms with Crippen LogP contribution in [0.15, 0.2) is 48.1 Å². The molecule has 0 aromatic carbocycles. The third-order valence-electron chi connectivity index (χ3n) is 2.42. The Morgan fingerprint density at radius 2 is 2.10 bits per heavy atom. The highest BCUT2D eigenvalue weighted by Crippen LogP contribution is 2.23. The maximum absolute atomic E-state index is 11.2. The molecule has 0 aliphatic rings. The molecule has 110 valence electrons. The van der Waals surface area contributed by atoms with Gasteiger partial charge in [0.15, 0.2) is 0 Å². The van der Waals surface area contributed by atoms with Crippen LogP contribution in [0.1, 0.15) is 13.8 Å². The van der Waals surface area contributed by atoms with Crippen LogP contribution in [0.4, 0.5) is 0 Å². The van der Waals surface area contributed by atoms with Crippen LogP contribution in [-0.2, 0) is 9.59 Å². The summed E-state index contributed by atoms with van der Waals surface area (Å²) in [6.07, 6.45) is 8.42. The summed E-state index contributed by atoms with van der Waals surface area (Å²) in [7, 11) is 0. The second kappa shape index (κ2) is 11.1. The van der Waals surface area contributed by atoms with Crippen LogP contribution < -0.4 is 5.32 Å². The maximum atomic E-state index is 11.2. The minimum atomic E-state index is 0.0705. The Hall–Kier alpha value is -1.75. The molecule has 2 amide bonds. The molecule has 0 aromatic rings. The molecule has 0 aromatic heterocycles. The predicted octanol–water partition coefficient (Wildman–Crippen LogP) is 2.47. The zero-order chi connectivity index (χ0) is 15.4. The number of amides is 2. The first kappa shape index (κ1) is 18.2. The third kappa shape index (κ3) is 6.99. The van der Waals surface area contributed by atoms with Crippen molar-refractivity contribution in [3.05, 3.63) is 48.1 Å². The van der Waals surface area contributed by atoms with E-state index < -0.39 is 0 Å². The van der Waals surface area contributed by atoms with Gasteiger partial charge in [0.1, 0.15) is 0 Å². The van der Waals surface area contributed by atoms with E-state index in [1.165, 1.54) is 0 Å². The molecule has 0 fully saturated rings. The van der Waals surface area contributed by atoms with Gasteiger partial charge in [0, 0.05) is 23.2 Å². The summed E-state index contributed by atoms with van der Waals surface area (Å²) in [6.45, 7) is 11.6. The number of hydrogen-bond acceptors (Lipinski definition) is 3. The Morgan fingerprint density at radius 3 is 2.60 bits per heavy atom. The average Bonchev–Trinajstić information content (AvgIpc) is 2.44. The molecule has 4 nitrogen and oxygen atoms in total. The van der Waals surface area contributed by atoms with Gasteiger partial charge < -0.3 is 10.2 Å². The van der Waals surface area contributed by atoms with Crippen molar-refractivity contribution in [2.24, 2.45) is 0 Å². The van der Waals surface area contributed by atoms with Crippen molar-refractivity contribution in [3.63, 3.8) is 0 Å². The van der Waals surface area contributed by atoms with Gasteiger partial charge >= 0.3 is 0 Å². The van der Waals surface area contributed by atoms with E-state index >= 15 is 0 Å². The predicted molar refractivity (Wildman–Crippen MR) is 86.1 cm³/mol. The van der Waals surface area contributed by atoms with Gasteiger partial charge in [-0.3, -0.25) is 9.59 Å². The van der Waals surface area contributed by atoms with Gasteiger partial charge in [0.05, 0.1) is 5.70 Å². The van der Waals surface area contributed by atoms with Crippen molar-refractivity contribution in [1.29, 1.82) is 0 Å². The zero-order valence-corrected chi connectivity index (χ0v) is 12.9. The van der Waals surface area contributed by atoms with E-state index in [9.17, 15) is 9.59 Å². The van der Waals surface area contributed by atoms with E-state index in [0.29, 0.717) is 13.0 Å². The minimum absolute atomic E-state index is 0.0705. The molecule has 0 spiro atoms. The fourth-order valence-corrected chi connectivity index (χ4v) is 2.33. The van der Waals surface area contributed by atoms with E-state index in [4.69, 9.17) is 0 Å².